The Kier molecular flexibility index (Phi) is 31.9. The Morgan fingerprint density at radius 3 is 1.43 bits per heavy atom. The summed E-state index contributed by atoms with van der Waals surface area (Å²) in [7, 11) is 10.5. The van der Waals surface area contributed by atoms with Gasteiger partial charge in [0, 0.05) is 54.9 Å². The Morgan fingerprint density at radius 1 is 0.500 bits per heavy atom. The number of nitrogens with zero attached hydrogens (tertiary/aromatic N) is 7. The minimum absolute atomic E-state index is 0.0213. The molecule has 0 spiro atoms. The third-order valence-corrected chi connectivity index (χ3v) is 16.0. The van der Waals surface area contributed by atoms with Crippen LogP contribution >= 0.6 is 0 Å². The predicted octanol–water partition coefficient (Wildman–Crippen LogP) is 3.74. The Morgan fingerprint density at radius 2 is 0.952 bits per heavy atom. The first-order valence-electron chi connectivity index (χ1n) is 30.6. The summed E-state index contributed by atoms with van der Waals surface area (Å²) in [6, 6.07) is -10.7. The van der Waals surface area contributed by atoms with Crippen LogP contribution in [0.1, 0.15) is 156 Å². The number of nitrogens with one attached hydrogen (secondary N) is 4. The van der Waals surface area contributed by atoms with Gasteiger partial charge in [-0.05, 0) is 108 Å². The first kappa shape index (κ1) is 76.4. The maximum atomic E-state index is 15.1. The van der Waals surface area contributed by atoms with Crippen molar-refractivity contribution < 1.29 is 53.1 Å². The molecular weight excluding hydrogens is 1070 g/mol. The topological polar surface area (TPSA) is 262 Å². The molecule has 0 aliphatic carbocycles. The molecule has 5 N–H and O–H groups in total. The molecular formula is C62H113N11O11. The zero-order valence-electron chi connectivity index (χ0n) is 55.9. The van der Waals surface area contributed by atoms with Gasteiger partial charge in [0.25, 0.3) is 0 Å². The number of likely N-dealkylation sites (N-methyl/N-ethyl adjacent to an activating group) is 7. The van der Waals surface area contributed by atoms with E-state index in [0.29, 0.717) is 12.8 Å². The van der Waals surface area contributed by atoms with Crippen LogP contribution in [0.4, 0.5) is 0 Å². The van der Waals surface area contributed by atoms with Crippen LogP contribution in [-0.2, 0) is 47.9 Å². The lowest BCUT2D eigenvalue weighted by atomic mass is 9.91. The first-order valence-corrected chi connectivity index (χ1v) is 30.6. The van der Waals surface area contributed by atoms with Gasteiger partial charge in [0.2, 0.25) is 59.1 Å². The van der Waals surface area contributed by atoms with Gasteiger partial charge < -0.3 is 55.8 Å². The van der Waals surface area contributed by atoms with Crippen molar-refractivity contribution in [3.05, 3.63) is 12.2 Å². The summed E-state index contributed by atoms with van der Waals surface area (Å²) in [5, 5.41) is 23.5. The van der Waals surface area contributed by atoms with E-state index in [4.69, 9.17) is 0 Å². The van der Waals surface area contributed by atoms with E-state index in [1.807, 2.05) is 73.3 Å². The number of allylic oxidation sites excluding steroid dienone is 2. The monoisotopic (exact) mass is 1190 g/mol. The lowest BCUT2D eigenvalue weighted by molar-refractivity contribution is -0.157. The average Bonchev–Trinajstić information content (AvgIpc) is 2.72. The maximum Gasteiger partial charge on any atom is 0.246 e. The molecule has 1 fully saturated rings. The Hall–Kier alpha value is -5.64. The van der Waals surface area contributed by atoms with Crippen LogP contribution in [0.2, 0.25) is 0 Å². The van der Waals surface area contributed by atoms with Crippen molar-refractivity contribution in [2.45, 2.75) is 223 Å². The van der Waals surface area contributed by atoms with Crippen LogP contribution in [0, 0.1) is 41.4 Å². The lowest BCUT2D eigenvalue weighted by Crippen LogP contribution is -2.63. The van der Waals surface area contributed by atoms with E-state index in [-0.39, 0.29) is 61.8 Å². The van der Waals surface area contributed by atoms with Crippen LogP contribution in [-0.4, -0.2) is 227 Å². The van der Waals surface area contributed by atoms with E-state index in [1.165, 1.54) is 61.8 Å². The Labute approximate surface area is 504 Å². The highest BCUT2D eigenvalue weighted by molar-refractivity contribution is 5.98. The van der Waals surface area contributed by atoms with E-state index in [9.17, 15) is 43.5 Å². The van der Waals surface area contributed by atoms with Gasteiger partial charge in [-0.2, -0.15) is 0 Å². The van der Waals surface area contributed by atoms with Crippen LogP contribution in [0.15, 0.2) is 12.2 Å². The van der Waals surface area contributed by atoms with Gasteiger partial charge in [0.05, 0.1) is 18.7 Å². The van der Waals surface area contributed by atoms with Crippen molar-refractivity contribution in [3.8, 4) is 0 Å². The summed E-state index contributed by atoms with van der Waals surface area (Å²) < 4.78 is 0. The molecule has 22 heteroatoms. The first-order chi connectivity index (χ1) is 38.8. The van der Waals surface area contributed by atoms with Crippen LogP contribution in [0.25, 0.3) is 0 Å². The second kappa shape index (κ2) is 35.1. The molecule has 0 saturated carbocycles. The summed E-state index contributed by atoms with van der Waals surface area (Å²) in [5.41, 5.74) is 0. The van der Waals surface area contributed by atoms with Crippen molar-refractivity contribution in [2.24, 2.45) is 41.4 Å². The number of carbonyl (C=O) groups is 10. The Bertz CT molecular complexity index is 2240. The van der Waals surface area contributed by atoms with Crippen LogP contribution in [0.5, 0.6) is 0 Å². The molecule has 2 unspecified atom stereocenters. The number of hydrogen-bond donors (Lipinski definition) is 5. The summed E-state index contributed by atoms with van der Waals surface area (Å²) in [5.74, 6) is -7.84. The largest absolute Gasteiger partial charge is 0.390 e. The highest BCUT2D eigenvalue weighted by atomic mass is 16.3. The molecule has 0 aromatic rings. The number of hydrogen-bond acceptors (Lipinski definition) is 12. The van der Waals surface area contributed by atoms with Gasteiger partial charge >= 0.3 is 0 Å². The molecule has 1 rings (SSSR count). The second-order valence-electron chi connectivity index (χ2n) is 26.3. The molecule has 1 heterocycles. The molecule has 1 aliphatic heterocycles. The van der Waals surface area contributed by atoms with Gasteiger partial charge in [-0.15, -0.1) is 0 Å². The number of aliphatic hydroxyl groups is 1. The van der Waals surface area contributed by atoms with Crippen molar-refractivity contribution >= 4 is 59.1 Å². The quantitative estimate of drug-likeness (QED) is 0.147. The van der Waals surface area contributed by atoms with Crippen molar-refractivity contribution in [1.82, 2.24) is 55.6 Å². The normalized spacial score (nSPS) is 27.3. The standard InChI is InChI=1S/C62H113N11O11/c1-25-27-28-41(15)53(75)52-57(79)65-44(26-2)58(80)68(19)34-49(74)69(20)45(29-35(3)4)56(78)66-50(39(11)12)61(83)70(21)46(30-36(5)6)55(77)64-43(17)54(76)63-42(16)33-67(18)47(31-37(7)8)59(81)71(22)48(32-38(9)10)60(82)72(23)51(40(13)14)62(84)73(52)24/h25,27,35-48,50-53,75H,26,28-34H2,1-24H3,(H,63,76)(H,64,77)(H,65,79)(H,66,78)/b27-25+/t41-,42-,43+,44+,45+,46?,47+,48+,50+,51?,52+,53-/m1/s1. The Balaban J connectivity index is 4.27. The molecule has 12 atom stereocenters. The van der Waals surface area contributed by atoms with Gasteiger partial charge in [-0.1, -0.05) is 109 Å². The van der Waals surface area contributed by atoms with E-state index >= 15 is 9.59 Å². The molecule has 0 radical (unpaired) electrons. The number of aliphatic hydroxyl groups excluding tert-OH is 1. The van der Waals surface area contributed by atoms with Crippen molar-refractivity contribution in [3.63, 3.8) is 0 Å². The summed E-state index contributed by atoms with van der Waals surface area (Å²) in [6.07, 6.45) is 3.55. The minimum atomic E-state index is -1.58. The van der Waals surface area contributed by atoms with Gasteiger partial charge in [-0.25, -0.2) is 0 Å². The smallest absolute Gasteiger partial charge is 0.246 e. The lowest BCUT2D eigenvalue weighted by Gasteiger charge is -2.41. The predicted molar refractivity (Wildman–Crippen MR) is 328 cm³/mol. The summed E-state index contributed by atoms with van der Waals surface area (Å²) >= 11 is 0. The summed E-state index contributed by atoms with van der Waals surface area (Å²) in [4.78, 5) is 155. The number of rotatable bonds is 15. The SMILES string of the molecule is C/C=C/C[C@@H](C)[C@@H](O)[C@H]1C(=O)N[C@@H](CC)C(=O)N(C)CC(=O)N(C)[C@@H](CC(C)C)C(=O)N[C@@H](C(C)C)C(=O)N(C)C(CC(C)C)C(=O)N[C@@H](C)C(=O)N[C@H](C)CN(C)[C@@H](CC(C)C)C(=O)N(C)[C@@H](CC(C)C)C(=O)N(C)C(C(C)C)C(=O)N1C. The molecule has 482 valence electrons. The molecule has 0 aromatic heterocycles. The van der Waals surface area contributed by atoms with Gasteiger partial charge in [0.1, 0.15) is 48.3 Å². The fourth-order valence-corrected chi connectivity index (χ4v) is 10.8. The van der Waals surface area contributed by atoms with Crippen LogP contribution < -0.4 is 21.3 Å². The molecule has 1 saturated heterocycles. The summed E-state index contributed by atoms with van der Waals surface area (Å²) in [6.45, 7) is 30.6. The fraction of sp³-hybridized carbons (Fsp3) is 0.806. The fourth-order valence-electron chi connectivity index (χ4n) is 10.8. The third-order valence-electron chi connectivity index (χ3n) is 16.0. The van der Waals surface area contributed by atoms with Crippen molar-refractivity contribution in [2.75, 3.05) is 62.4 Å². The average molecular weight is 1190 g/mol. The van der Waals surface area contributed by atoms with Gasteiger partial charge in [-0.3, -0.25) is 52.8 Å². The molecule has 84 heavy (non-hydrogen) atoms. The maximum absolute atomic E-state index is 15.1. The number of carbonyl (C=O) groups excluding carboxylic acids is 10. The highest BCUT2D eigenvalue weighted by Crippen LogP contribution is 2.25. The molecule has 0 aromatic carbocycles. The second-order valence-corrected chi connectivity index (χ2v) is 26.3. The zero-order chi connectivity index (χ0) is 65.1. The molecule has 10 amide bonds. The van der Waals surface area contributed by atoms with E-state index in [2.05, 4.69) is 21.3 Å². The molecule has 1 aliphatic rings. The molecule has 22 nitrogen and oxygen atoms in total. The zero-order valence-corrected chi connectivity index (χ0v) is 55.9. The van der Waals surface area contributed by atoms with E-state index in [1.54, 1.807) is 68.6 Å². The molecule has 0 bridgehead atoms. The third kappa shape index (κ3) is 22.0. The van der Waals surface area contributed by atoms with Crippen molar-refractivity contribution in [1.29, 1.82) is 0 Å². The van der Waals surface area contributed by atoms with E-state index < -0.39 is 144 Å². The van der Waals surface area contributed by atoms with E-state index in [0.717, 1.165) is 9.80 Å². The van der Waals surface area contributed by atoms with Crippen LogP contribution in [0.3, 0.4) is 0 Å². The number of amides is 10. The highest BCUT2D eigenvalue weighted by Gasteiger charge is 2.45. The minimum Gasteiger partial charge on any atom is -0.390 e. The van der Waals surface area contributed by atoms with Gasteiger partial charge in [0.15, 0.2) is 0 Å².